The van der Waals surface area contributed by atoms with Gasteiger partial charge in [0.1, 0.15) is 17.7 Å². The number of fused-ring (bicyclic) bond motifs is 1. The van der Waals surface area contributed by atoms with Gasteiger partial charge in [0.15, 0.2) is 0 Å². The first-order chi connectivity index (χ1) is 10.1. The number of para-hydroxylation sites is 1. The Morgan fingerprint density at radius 2 is 2.05 bits per heavy atom. The van der Waals surface area contributed by atoms with Crippen LogP contribution in [-0.2, 0) is 0 Å². The van der Waals surface area contributed by atoms with Crippen LogP contribution in [-0.4, -0.2) is 9.55 Å². The number of alkyl halides is 1. The third-order valence-corrected chi connectivity index (χ3v) is 3.46. The molecule has 0 radical (unpaired) electrons. The van der Waals surface area contributed by atoms with Crippen LogP contribution in [0.2, 0.25) is 0 Å². The molecular weight excluding hydrogens is 289 g/mol. The molecule has 3 nitrogen and oxygen atoms in total. The topological polar surface area (TPSA) is 41.6 Å². The molecule has 0 aliphatic carbocycles. The number of hydrogen-bond donors (Lipinski definition) is 0. The van der Waals surface area contributed by atoms with E-state index in [0.717, 1.165) is 0 Å². The largest absolute Gasteiger partial charge is 0.294 e. The van der Waals surface area contributed by atoms with Crippen LogP contribution in [0.3, 0.4) is 0 Å². The van der Waals surface area contributed by atoms with E-state index >= 15 is 0 Å². The number of aromatic nitrogens is 2. The Labute approximate surface area is 126 Å². The number of rotatable bonds is 2. The zero-order chi connectivity index (χ0) is 15.0. The van der Waals surface area contributed by atoms with Gasteiger partial charge in [-0.25, -0.2) is 9.37 Å². The molecular formula is C16H11ClFN3. The fourth-order valence-electron chi connectivity index (χ4n) is 2.35. The predicted molar refractivity (Wildman–Crippen MR) is 80.0 cm³/mol. The molecule has 0 spiro atoms. The van der Waals surface area contributed by atoms with Gasteiger partial charge in [0.25, 0.3) is 0 Å². The first kappa shape index (κ1) is 13.6. The Hall–Kier alpha value is -2.38. The normalized spacial score (nSPS) is 12.3. The van der Waals surface area contributed by atoms with Crippen molar-refractivity contribution in [3.8, 4) is 11.8 Å². The zero-order valence-corrected chi connectivity index (χ0v) is 12.0. The third-order valence-electron chi connectivity index (χ3n) is 3.26. The summed E-state index contributed by atoms with van der Waals surface area (Å²) < 4.78 is 15.3. The zero-order valence-electron chi connectivity index (χ0n) is 11.2. The second-order valence-corrected chi connectivity index (χ2v) is 5.34. The van der Waals surface area contributed by atoms with Gasteiger partial charge in [-0.15, -0.1) is 11.6 Å². The Bertz CT molecular complexity index is 862. The van der Waals surface area contributed by atoms with Gasteiger partial charge in [-0.3, -0.25) is 4.57 Å². The molecule has 1 heterocycles. The lowest BCUT2D eigenvalue weighted by Crippen LogP contribution is -2.04. The number of nitriles is 1. The van der Waals surface area contributed by atoms with Gasteiger partial charge in [-0.2, -0.15) is 5.26 Å². The Kier molecular flexibility index (Phi) is 3.36. The Morgan fingerprint density at radius 1 is 1.29 bits per heavy atom. The van der Waals surface area contributed by atoms with Crippen LogP contribution in [0.25, 0.3) is 16.7 Å². The van der Waals surface area contributed by atoms with Crippen molar-refractivity contribution in [2.45, 2.75) is 12.3 Å². The molecule has 0 fully saturated rings. The van der Waals surface area contributed by atoms with Crippen molar-refractivity contribution in [2.24, 2.45) is 0 Å². The molecule has 1 unspecified atom stereocenters. The van der Waals surface area contributed by atoms with Crippen LogP contribution in [0.4, 0.5) is 4.39 Å². The van der Waals surface area contributed by atoms with Gasteiger partial charge in [0.05, 0.1) is 27.7 Å². The molecule has 0 aliphatic rings. The molecule has 0 bridgehead atoms. The molecule has 1 aromatic heterocycles. The average Bonchev–Trinajstić information content (AvgIpc) is 2.85. The molecule has 0 aliphatic heterocycles. The highest BCUT2D eigenvalue weighted by molar-refractivity contribution is 6.20. The minimum absolute atomic E-state index is 0.355. The molecule has 1 atom stereocenters. The lowest BCUT2D eigenvalue weighted by molar-refractivity contribution is 0.629. The number of benzene rings is 2. The Balaban J connectivity index is 2.42. The maximum Gasteiger partial charge on any atom is 0.132 e. The van der Waals surface area contributed by atoms with Gasteiger partial charge in [0.2, 0.25) is 0 Å². The maximum atomic E-state index is 13.6. The summed E-state index contributed by atoms with van der Waals surface area (Å²) in [5.74, 6) is 0.229. The summed E-state index contributed by atoms with van der Waals surface area (Å²) in [6.45, 7) is 1.80. The van der Waals surface area contributed by atoms with Crippen molar-refractivity contribution in [1.82, 2.24) is 9.55 Å². The van der Waals surface area contributed by atoms with Crippen molar-refractivity contribution in [2.75, 3.05) is 0 Å². The van der Waals surface area contributed by atoms with Crippen molar-refractivity contribution in [3.63, 3.8) is 0 Å². The summed E-state index contributed by atoms with van der Waals surface area (Å²) in [6.07, 6.45) is 0. The van der Waals surface area contributed by atoms with Crippen LogP contribution < -0.4 is 0 Å². The van der Waals surface area contributed by atoms with Gasteiger partial charge in [0, 0.05) is 6.07 Å². The summed E-state index contributed by atoms with van der Waals surface area (Å²) in [6, 6.07) is 13.6. The second-order valence-electron chi connectivity index (χ2n) is 4.68. The highest BCUT2D eigenvalue weighted by Crippen LogP contribution is 2.29. The van der Waals surface area contributed by atoms with Gasteiger partial charge in [-0.05, 0) is 31.2 Å². The lowest BCUT2D eigenvalue weighted by atomic mass is 10.2. The van der Waals surface area contributed by atoms with E-state index in [9.17, 15) is 9.65 Å². The maximum absolute atomic E-state index is 13.6. The monoisotopic (exact) mass is 299 g/mol. The van der Waals surface area contributed by atoms with E-state index in [-0.39, 0.29) is 11.2 Å². The van der Waals surface area contributed by atoms with E-state index in [4.69, 9.17) is 11.6 Å². The fourth-order valence-corrected chi connectivity index (χ4v) is 2.50. The molecule has 0 N–H and O–H groups in total. The van der Waals surface area contributed by atoms with Crippen molar-refractivity contribution in [3.05, 3.63) is 59.7 Å². The number of halogens is 2. The number of nitrogens with zero attached hydrogens (tertiary/aromatic N) is 3. The van der Waals surface area contributed by atoms with E-state index in [2.05, 4.69) is 11.1 Å². The minimum Gasteiger partial charge on any atom is -0.294 e. The van der Waals surface area contributed by atoms with E-state index in [1.807, 2.05) is 6.07 Å². The van der Waals surface area contributed by atoms with Crippen molar-refractivity contribution in [1.29, 1.82) is 5.26 Å². The van der Waals surface area contributed by atoms with Crippen LogP contribution in [0.1, 0.15) is 23.7 Å². The standard InChI is InChI=1S/C16H11ClFN3/c1-10(17)16-20-13-7-6-12(18)8-15(13)21(16)14-5-3-2-4-11(14)9-19/h2-8,10H,1H3. The predicted octanol–water partition coefficient (Wildman–Crippen LogP) is 4.34. The van der Waals surface area contributed by atoms with E-state index in [1.54, 1.807) is 35.8 Å². The quantitative estimate of drug-likeness (QED) is 0.661. The first-order valence-electron chi connectivity index (χ1n) is 6.43. The smallest absolute Gasteiger partial charge is 0.132 e. The highest BCUT2D eigenvalue weighted by Gasteiger charge is 2.18. The SMILES string of the molecule is CC(Cl)c1nc2ccc(F)cc2n1-c1ccccc1C#N. The molecule has 3 rings (SSSR count). The van der Waals surface area contributed by atoms with Crippen molar-refractivity contribution >= 4 is 22.6 Å². The van der Waals surface area contributed by atoms with Crippen LogP contribution in [0.5, 0.6) is 0 Å². The van der Waals surface area contributed by atoms with E-state index in [0.29, 0.717) is 28.1 Å². The van der Waals surface area contributed by atoms with Gasteiger partial charge in [-0.1, -0.05) is 12.1 Å². The lowest BCUT2D eigenvalue weighted by Gasteiger charge is -2.12. The molecule has 2 aromatic carbocycles. The van der Waals surface area contributed by atoms with E-state index < -0.39 is 0 Å². The Morgan fingerprint density at radius 3 is 2.76 bits per heavy atom. The van der Waals surface area contributed by atoms with E-state index in [1.165, 1.54) is 12.1 Å². The number of hydrogen-bond acceptors (Lipinski definition) is 2. The fraction of sp³-hybridized carbons (Fsp3) is 0.125. The van der Waals surface area contributed by atoms with Crippen LogP contribution in [0, 0.1) is 17.1 Å². The molecule has 104 valence electrons. The number of imidazole rings is 1. The van der Waals surface area contributed by atoms with Crippen molar-refractivity contribution < 1.29 is 4.39 Å². The van der Waals surface area contributed by atoms with Gasteiger partial charge < -0.3 is 0 Å². The third kappa shape index (κ3) is 2.26. The summed E-state index contributed by atoms with van der Waals surface area (Å²) in [5.41, 5.74) is 2.38. The molecule has 3 aromatic rings. The summed E-state index contributed by atoms with van der Waals surface area (Å²) >= 11 is 6.21. The molecule has 0 saturated carbocycles. The summed E-state index contributed by atoms with van der Waals surface area (Å²) in [7, 11) is 0. The van der Waals surface area contributed by atoms with Crippen LogP contribution >= 0.6 is 11.6 Å². The highest BCUT2D eigenvalue weighted by atomic mass is 35.5. The second kappa shape index (κ2) is 5.19. The summed E-state index contributed by atoms with van der Waals surface area (Å²) in [4.78, 5) is 4.46. The molecule has 0 saturated heterocycles. The molecule has 21 heavy (non-hydrogen) atoms. The minimum atomic E-state index is -0.368. The average molecular weight is 300 g/mol. The summed E-state index contributed by atoms with van der Waals surface area (Å²) in [5, 5.41) is 8.91. The molecule has 0 amide bonds. The van der Waals surface area contributed by atoms with Crippen LogP contribution in [0.15, 0.2) is 42.5 Å². The molecule has 5 heteroatoms. The first-order valence-corrected chi connectivity index (χ1v) is 6.87. The van der Waals surface area contributed by atoms with Gasteiger partial charge >= 0.3 is 0 Å².